The maximum atomic E-state index is 12.0. The number of carbonyl (C=O) groups excluding carboxylic acids is 1. The molecule has 0 fully saturated rings. The first-order valence-electron chi connectivity index (χ1n) is 7.85. The van der Waals surface area contributed by atoms with Gasteiger partial charge in [0.05, 0.1) is 14.2 Å². The first-order chi connectivity index (χ1) is 12.2. The number of fused-ring (bicyclic) bond motifs is 1. The predicted molar refractivity (Wildman–Crippen MR) is 96.6 cm³/mol. The maximum absolute atomic E-state index is 12.0. The molecule has 0 atom stereocenters. The third kappa shape index (κ3) is 4.01. The Hall–Kier alpha value is -3.21. The molecule has 128 valence electrons. The summed E-state index contributed by atoms with van der Waals surface area (Å²) in [5.74, 6) is 1.91. The molecule has 0 aliphatic carbocycles. The van der Waals surface area contributed by atoms with E-state index in [0.29, 0.717) is 12.3 Å². The molecule has 0 aliphatic rings. The van der Waals surface area contributed by atoms with E-state index in [1.54, 1.807) is 20.3 Å². The van der Waals surface area contributed by atoms with Crippen LogP contribution in [0.2, 0.25) is 0 Å². The van der Waals surface area contributed by atoms with Crippen LogP contribution in [0.15, 0.2) is 59.0 Å². The first-order valence-corrected chi connectivity index (χ1v) is 7.85. The van der Waals surface area contributed by atoms with Crippen molar-refractivity contribution >= 4 is 23.0 Å². The van der Waals surface area contributed by atoms with E-state index in [1.807, 2.05) is 48.5 Å². The largest absolute Gasteiger partial charge is 0.497 e. The number of nitrogens with one attached hydrogen (secondary N) is 1. The van der Waals surface area contributed by atoms with Crippen LogP contribution in [0.5, 0.6) is 11.5 Å². The van der Waals surface area contributed by atoms with Crippen molar-refractivity contribution in [3.05, 3.63) is 65.9 Å². The first kappa shape index (κ1) is 16.6. The summed E-state index contributed by atoms with van der Waals surface area (Å²) < 4.78 is 16.1. The van der Waals surface area contributed by atoms with E-state index in [-0.39, 0.29) is 5.91 Å². The molecule has 1 heterocycles. The molecule has 0 saturated heterocycles. The normalized spacial score (nSPS) is 11.0. The smallest absolute Gasteiger partial charge is 0.244 e. The van der Waals surface area contributed by atoms with Crippen molar-refractivity contribution < 1.29 is 18.7 Å². The summed E-state index contributed by atoms with van der Waals surface area (Å²) >= 11 is 0. The van der Waals surface area contributed by atoms with Gasteiger partial charge < -0.3 is 19.2 Å². The number of ether oxygens (including phenoxy) is 2. The predicted octanol–water partition coefficient (Wildman–Crippen LogP) is 3.78. The van der Waals surface area contributed by atoms with Gasteiger partial charge in [-0.05, 0) is 36.4 Å². The fourth-order valence-corrected chi connectivity index (χ4v) is 2.50. The zero-order chi connectivity index (χ0) is 17.6. The average molecular weight is 337 g/mol. The highest BCUT2D eigenvalue weighted by molar-refractivity contribution is 5.92. The molecule has 0 spiro atoms. The fraction of sp³-hybridized carbons (Fsp3) is 0.150. The Bertz CT molecular complexity index is 911. The Morgan fingerprint density at radius 3 is 2.76 bits per heavy atom. The Morgan fingerprint density at radius 1 is 1.12 bits per heavy atom. The second-order valence-corrected chi connectivity index (χ2v) is 5.42. The van der Waals surface area contributed by atoms with Crippen LogP contribution in [0.1, 0.15) is 11.3 Å². The summed E-state index contributed by atoms with van der Waals surface area (Å²) in [6.45, 7) is 0.393. The van der Waals surface area contributed by atoms with Crippen molar-refractivity contribution in [2.45, 2.75) is 6.54 Å². The molecular formula is C20H19NO4. The van der Waals surface area contributed by atoms with Crippen LogP contribution in [-0.4, -0.2) is 20.1 Å². The molecule has 1 amide bonds. The summed E-state index contributed by atoms with van der Waals surface area (Å²) in [6.07, 6.45) is 3.09. The number of hydrogen-bond donors (Lipinski definition) is 1. The quantitative estimate of drug-likeness (QED) is 0.696. The fourth-order valence-electron chi connectivity index (χ4n) is 2.50. The lowest BCUT2D eigenvalue weighted by atomic mass is 10.2. The SMILES string of the molecule is COc1ccc2oc(/C=C/C(=O)NCc3ccccc3OC)cc2c1. The minimum Gasteiger partial charge on any atom is -0.497 e. The molecular weight excluding hydrogens is 318 g/mol. The van der Waals surface area contributed by atoms with Gasteiger partial charge in [0.2, 0.25) is 5.91 Å². The number of carbonyl (C=O) groups is 1. The van der Waals surface area contributed by atoms with E-state index in [4.69, 9.17) is 13.9 Å². The van der Waals surface area contributed by atoms with Crippen LogP contribution in [0.3, 0.4) is 0 Å². The van der Waals surface area contributed by atoms with Crippen LogP contribution in [0.4, 0.5) is 0 Å². The third-order valence-electron chi connectivity index (χ3n) is 3.79. The number of furan rings is 1. The van der Waals surface area contributed by atoms with Gasteiger partial charge in [0, 0.05) is 23.6 Å². The average Bonchev–Trinajstić information content (AvgIpc) is 3.06. The van der Waals surface area contributed by atoms with Gasteiger partial charge in [0.25, 0.3) is 0 Å². The zero-order valence-electron chi connectivity index (χ0n) is 14.1. The summed E-state index contributed by atoms with van der Waals surface area (Å²) in [5, 5.41) is 3.75. The highest BCUT2D eigenvalue weighted by Crippen LogP contribution is 2.24. The lowest BCUT2D eigenvalue weighted by Gasteiger charge is -2.08. The van der Waals surface area contributed by atoms with Crippen molar-refractivity contribution in [3.63, 3.8) is 0 Å². The minimum atomic E-state index is -0.205. The zero-order valence-corrected chi connectivity index (χ0v) is 14.1. The van der Waals surface area contributed by atoms with Crippen molar-refractivity contribution in [3.8, 4) is 11.5 Å². The van der Waals surface area contributed by atoms with Crippen LogP contribution >= 0.6 is 0 Å². The van der Waals surface area contributed by atoms with Crippen molar-refractivity contribution in [2.75, 3.05) is 14.2 Å². The second-order valence-electron chi connectivity index (χ2n) is 5.42. The number of hydrogen-bond acceptors (Lipinski definition) is 4. The monoisotopic (exact) mass is 337 g/mol. The van der Waals surface area contributed by atoms with Gasteiger partial charge in [0.1, 0.15) is 22.8 Å². The molecule has 25 heavy (non-hydrogen) atoms. The maximum Gasteiger partial charge on any atom is 0.244 e. The van der Waals surface area contributed by atoms with Gasteiger partial charge in [-0.3, -0.25) is 4.79 Å². The molecule has 0 unspecified atom stereocenters. The molecule has 5 heteroatoms. The number of para-hydroxylation sites is 1. The van der Waals surface area contributed by atoms with Crippen molar-refractivity contribution in [2.24, 2.45) is 0 Å². The summed E-state index contributed by atoms with van der Waals surface area (Å²) in [6, 6.07) is 15.0. The summed E-state index contributed by atoms with van der Waals surface area (Å²) in [7, 11) is 3.23. The summed E-state index contributed by atoms with van der Waals surface area (Å²) in [5.41, 5.74) is 1.66. The molecule has 0 aliphatic heterocycles. The van der Waals surface area contributed by atoms with E-state index >= 15 is 0 Å². The molecule has 0 radical (unpaired) electrons. The lowest BCUT2D eigenvalue weighted by Crippen LogP contribution is -2.20. The highest BCUT2D eigenvalue weighted by Gasteiger charge is 2.05. The Labute approximate surface area is 145 Å². The van der Waals surface area contributed by atoms with Crippen LogP contribution in [-0.2, 0) is 11.3 Å². The Morgan fingerprint density at radius 2 is 1.96 bits per heavy atom. The number of benzene rings is 2. The molecule has 5 nitrogen and oxygen atoms in total. The second kappa shape index (κ2) is 7.57. The van der Waals surface area contributed by atoms with Crippen molar-refractivity contribution in [1.82, 2.24) is 5.32 Å². The van der Waals surface area contributed by atoms with E-state index in [0.717, 1.165) is 28.0 Å². The molecule has 1 aromatic heterocycles. The van der Waals surface area contributed by atoms with Gasteiger partial charge in [-0.25, -0.2) is 0 Å². The number of methoxy groups -OCH3 is 2. The lowest BCUT2D eigenvalue weighted by molar-refractivity contribution is -0.116. The molecule has 3 aromatic rings. The summed E-state index contributed by atoms with van der Waals surface area (Å²) in [4.78, 5) is 12.0. The molecule has 1 N–H and O–H groups in total. The van der Waals surface area contributed by atoms with Gasteiger partial charge >= 0.3 is 0 Å². The Kier molecular flexibility index (Phi) is 5.04. The van der Waals surface area contributed by atoms with Gasteiger partial charge in [-0.2, -0.15) is 0 Å². The van der Waals surface area contributed by atoms with Gasteiger partial charge in [0.15, 0.2) is 0 Å². The van der Waals surface area contributed by atoms with Crippen LogP contribution in [0.25, 0.3) is 17.0 Å². The standard InChI is InChI=1S/C20H19NO4/c1-23-16-7-9-19-15(11-16)12-17(25-19)8-10-20(22)21-13-14-5-3-4-6-18(14)24-2/h3-12H,13H2,1-2H3,(H,21,22)/b10-8+. The molecule has 2 aromatic carbocycles. The highest BCUT2D eigenvalue weighted by atomic mass is 16.5. The van der Waals surface area contributed by atoms with E-state index in [9.17, 15) is 4.79 Å². The number of rotatable bonds is 6. The van der Waals surface area contributed by atoms with E-state index in [1.165, 1.54) is 6.08 Å². The molecule has 3 rings (SSSR count). The van der Waals surface area contributed by atoms with Crippen molar-refractivity contribution in [1.29, 1.82) is 0 Å². The van der Waals surface area contributed by atoms with Gasteiger partial charge in [-0.1, -0.05) is 18.2 Å². The van der Waals surface area contributed by atoms with E-state index in [2.05, 4.69) is 5.32 Å². The van der Waals surface area contributed by atoms with Gasteiger partial charge in [-0.15, -0.1) is 0 Å². The number of amides is 1. The Balaban J connectivity index is 1.64. The molecule has 0 saturated carbocycles. The topological polar surface area (TPSA) is 60.7 Å². The van der Waals surface area contributed by atoms with E-state index < -0.39 is 0 Å². The third-order valence-corrected chi connectivity index (χ3v) is 3.79. The van der Waals surface area contributed by atoms with Crippen LogP contribution in [0, 0.1) is 0 Å². The molecule has 0 bridgehead atoms. The minimum absolute atomic E-state index is 0.205. The van der Waals surface area contributed by atoms with Crippen LogP contribution < -0.4 is 14.8 Å².